The van der Waals surface area contributed by atoms with E-state index in [1.54, 1.807) is 0 Å². The Morgan fingerprint density at radius 1 is 1.35 bits per heavy atom. The summed E-state index contributed by atoms with van der Waals surface area (Å²) in [4.78, 5) is 11.6. The van der Waals surface area contributed by atoms with E-state index in [9.17, 15) is 4.79 Å². The molecule has 0 bridgehead atoms. The second-order valence-corrected chi connectivity index (χ2v) is 4.31. The molecule has 4 heteroatoms. The van der Waals surface area contributed by atoms with Crippen molar-refractivity contribution in [1.29, 1.82) is 0 Å². The predicted octanol–water partition coefficient (Wildman–Crippen LogP) is 1.73. The van der Waals surface area contributed by atoms with Gasteiger partial charge in [-0.15, -0.1) is 0 Å². The normalized spacial score (nSPS) is 12.9. The lowest BCUT2D eigenvalue weighted by atomic mass is 10.0. The van der Waals surface area contributed by atoms with Crippen LogP contribution >= 0.6 is 0 Å². The van der Waals surface area contributed by atoms with E-state index in [-0.39, 0.29) is 11.8 Å². The van der Waals surface area contributed by atoms with Crippen LogP contribution in [0.25, 0.3) is 0 Å². The van der Waals surface area contributed by atoms with Crippen LogP contribution in [0.15, 0.2) is 12.2 Å². The highest BCUT2D eigenvalue weighted by molar-refractivity contribution is 5.77. The fourth-order valence-corrected chi connectivity index (χ4v) is 1.47. The summed E-state index contributed by atoms with van der Waals surface area (Å²) in [5.41, 5.74) is 11.1. The molecule has 0 aromatic carbocycles. The molecule has 0 aromatic rings. The predicted molar refractivity (Wildman–Crippen MR) is 72.3 cm³/mol. The quantitative estimate of drug-likeness (QED) is 0.310. The molecule has 17 heavy (non-hydrogen) atoms. The molecule has 4 nitrogen and oxygen atoms in total. The summed E-state index contributed by atoms with van der Waals surface area (Å²) >= 11 is 0. The molecule has 100 valence electrons. The number of hydrogen-bond acceptors (Lipinski definition) is 3. The molecule has 1 atom stereocenters. The number of carbonyl (C=O) groups excluding carboxylic acids is 1. The standard InChI is InChI=1S/C13H27N3O/c1-3-4-5-8-11-15-16-13(17)12(2)9-6-7-10-14/h3-4,12,15H,5-11,14H2,1-2H3,(H,16,17)/b4-3-. The van der Waals surface area contributed by atoms with Gasteiger partial charge in [-0.25, -0.2) is 5.43 Å². The van der Waals surface area contributed by atoms with Crippen LogP contribution in [0.5, 0.6) is 0 Å². The number of hydrazine groups is 1. The molecule has 1 amide bonds. The van der Waals surface area contributed by atoms with Gasteiger partial charge in [-0.1, -0.05) is 25.5 Å². The van der Waals surface area contributed by atoms with Gasteiger partial charge in [0.2, 0.25) is 5.91 Å². The number of amides is 1. The van der Waals surface area contributed by atoms with E-state index >= 15 is 0 Å². The summed E-state index contributed by atoms with van der Waals surface area (Å²) in [6.45, 7) is 5.48. The SMILES string of the molecule is C/C=C\CCCNNC(=O)C(C)CCCCN. The average Bonchev–Trinajstić information content (AvgIpc) is 2.33. The molecule has 0 saturated carbocycles. The van der Waals surface area contributed by atoms with Crippen molar-refractivity contribution >= 4 is 5.91 Å². The van der Waals surface area contributed by atoms with Crippen molar-refractivity contribution in [3.8, 4) is 0 Å². The number of hydrogen-bond donors (Lipinski definition) is 3. The van der Waals surface area contributed by atoms with Gasteiger partial charge in [-0.2, -0.15) is 0 Å². The maximum Gasteiger partial charge on any atom is 0.236 e. The van der Waals surface area contributed by atoms with Crippen molar-refractivity contribution in [2.75, 3.05) is 13.1 Å². The van der Waals surface area contributed by atoms with Crippen LogP contribution in [0.1, 0.15) is 46.0 Å². The van der Waals surface area contributed by atoms with Crippen molar-refractivity contribution in [3.63, 3.8) is 0 Å². The molecular formula is C13H27N3O. The summed E-state index contributed by atoms with van der Waals surface area (Å²) in [7, 11) is 0. The smallest absolute Gasteiger partial charge is 0.236 e. The molecule has 4 N–H and O–H groups in total. The van der Waals surface area contributed by atoms with Gasteiger partial charge in [0.1, 0.15) is 0 Å². The fourth-order valence-electron chi connectivity index (χ4n) is 1.47. The summed E-state index contributed by atoms with van der Waals surface area (Å²) < 4.78 is 0. The van der Waals surface area contributed by atoms with Gasteiger partial charge in [0, 0.05) is 12.5 Å². The van der Waals surface area contributed by atoms with Gasteiger partial charge in [0.15, 0.2) is 0 Å². The summed E-state index contributed by atoms with van der Waals surface area (Å²) in [6.07, 6.45) is 9.17. The Bertz CT molecular complexity index is 217. The molecule has 0 spiro atoms. The van der Waals surface area contributed by atoms with Crippen molar-refractivity contribution in [1.82, 2.24) is 10.9 Å². The minimum Gasteiger partial charge on any atom is -0.330 e. The topological polar surface area (TPSA) is 67.1 Å². The Labute approximate surface area is 105 Å². The number of rotatable bonds is 10. The lowest BCUT2D eigenvalue weighted by Gasteiger charge is -2.12. The third kappa shape index (κ3) is 10.0. The van der Waals surface area contributed by atoms with Crippen molar-refractivity contribution in [2.24, 2.45) is 11.7 Å². The van der Waals surface area contributed by atoms with Gasteiger partial charge >= 0.3 is 0 Å². The third-order valence-electron chi connectivity index (χ3n) is 2.66. The molecule has 0 aliphatic heterocycles. The van der Waals surface area contributed by atoms with E-state index in [0.717, 1.165) is 38.6 Å². The molecule has 0 aliphatic carbocycles. The van der Waals surface area contributed by atoms with Crippen LogP contribution in [0.3, 0.4) is 0 Å². The van der Waals surface area contributed by atoms with E-state index in [1.165, 1.54) is 0 Å². The monoisotopic (exact) mass is 241 g/mol. The number of allylic oxidation sites excluding steroid dienone is 2. The largest absolute Gasteiger partial charge is 0.330 e. The maximum absolute atomic E-state index is 11.6. The minimum absolute atomic E-state index is 0.0598. The van der Waals surface area contributed by atoms with E-state index < -0.39 is 0 Å². The Morgan fingerprint density at radius 3 is 2.76 bits per heavy atom. The summed E-state index contributed by atoms with van der Waals surface area (Å²) in [5, 5.41) is 0. The molecule has 0 radical (unpaired) electrons. The van der Waals surface area contributed by atoms with Crippen LogP contribution in [-0.2, 0) is 4.79 Å². The van der Waals surface area contributed by atoms with Crippen LogP contribution in [0.2, 0.25) is 0 Å². The van der Waals surface area contributed by atoms with Gasteiger partial charge in [-0.3, -0.25) is 10.2 Å². The van der Waals surface area contributed by atoms with Crippen LogP contribution in [0.4, 0.5) is 0 Å². The minimum atomic E-state index is 0.0598. The highest BCUT2D eigenvalue weighted by Crippen LogP contribution is 2.06. The van der Waals surface area contributed by atoms with Crippen molar-refractivity contribution in [3.05, 3.63) is 12.2 Å². The van der Waals surface area contributed by atoms with E-state index in [4.69, 9.17) is 5.73 Å². The van der Waals surface area contributed by atoms with Gasteiger partial charge < -0.3 is 5.73 Å². The van der Waals surface area contributed by atoms with E-state index in [1.807, 2.05) is 19.9 Å². The first-order valence-electron chi connectivity index (χ1n) is 6.56. The number of nitrogens with two attached hydrogens (primary N) is 1. The molecule has 0 saturated heterocycles. The first-order chi connectivity index (χ1) is 8.22. The highest BCUT2D eigenvalue weighted by Gasteiger charge is 2.10. The Balaban J connectivity index is 3.43. The number of carbonyl (C=O) groups is 1. The van der Waals surface area contributed by atoms with Gasteiger partial charge in [0.25, 0.3) is 0 Å². The lowest BCUT2D eigenvalue weighted by Crippen LogP contribution is -2.40. The number of unbranched alkanes of at least 4 members (excludes halogenated alkanes) is 2. The van der Waals surface area contributed by atoms with Gasteiger partial charge in [0.05, 0.1) is 0 Å². The summed E-state index contributed by atoms with van der Waals surface area (Å²) in [5.74, 6) is 0.137. The van der Waals surface area contributed by atoms with E-state index in [2.05, 4.69) is 16.9 Å². The van der Waals surface area contributed by atoms with Crippen LogP contribution in [-0.4, -0.2) is 19.0 Å². The molecule has 1 unspecified atom stereocenters. The Morgan fingerprint density at radius 2 is 2.12 bits per heavy atom. The highest BCUT2D eigenvalue weighted by atomic mass is 16.2. The molecule has 0 aromatic heterocycles. The molecular weight excluding hydrogens is 214 g/mol. The Kier molecular flexibility index (Phi) is 11.0. The maximum atomic E-state index is 11.6. The first kappa shape index (κ1) is 16.1. The average molecular weight is 241 g/mol. The van der Waals surface area contributed by atoms with E-state index in [0.29, 0.717) is 6.54 Å². The summed E-state index contributed by atoms with van der Waals surface area (Å²) in [6, 6.07) is 0. The lowest BCUT2D eigenvalue weighted by molar-refractivity contribution is -0.125. The number of nitrogens with one attached hydrogen (secondary N) is 2. The molecule has 0 rings (SSSR count). The zero-order valence-corrected chi connectivity index (χ0v) is 11.2. The third-order valence-corrected chi connectivity index (χ3v) is 2.66. The van der Waals surface area contributed by atoms with Crippen molar-refractivity contribution < 1.29 is 4.79 Å². The van der Waals surface area contributed by atoms with Crippen molar-refractivity contribution in [2.45, 2.75) is 46.0 Å². The zero-order valence-electron chi connectivity index (χ0n) is 11.2. The molecule has 0 heterocycles. The Hall–Kier alpha value is -0.870. The van der Waals surface area contributed by atoms with Gasteiger partial charge in [-0.05, 0) is 39.2 Å². The second kappa shape index (κ2) is 11.6. The second-order valence-electron chi connectivity index (χ2n) is 4.31. The van der Waals surface area contributed by atoms with Crippen LogP contribution in [0, 0.1) is 5.92 Å². The fraction of sp³-hybridized carbons (Fsp3) is 0.769. The zero-order chi connectivity index (χ0) is 12.9. The first-order valence-corrected chi connectivity index (χ1v) is 6.56. The van der Waals surface area contributed by atoms with Crippen LogP contribution < -0.4 is 16.6 Å². The molecule has 0 aliphatic rings. The molecule has 0 fully saturated rings.